The molecule has 0 amide bonds. The molecular formula is C21H22O8. The Labute approximate surface area is 167 Å². The summed E-state index contributed by atoms with van der Waals surface area (Å²) in [5, 5.41) is 20.4. The van der Waals surface area contributed by atoms with Crippen molar-refractivity contribution >= 4 is 11.9 Å². The minimum atomic E-state index is -1.27. The van der Waals surface area contributed by atoms with Gasteiger partial charge in [-0.1, -0.05) is 18.2 Å². The maximum absolute atomic E-state index is 12.2. The predicted molar refractivity (Wildman–Crippen MR) is 100 cm³/mol. The Hall–Kier alpha value is -2.94. The van der Waals surface area contributed by atoms with Crippen LogP contribution in [0.4, 0.5) is 0 Å². The molecule has 154 valence electrons. The third-order valence-electron chi connectivity index (χ3n) is 4.50. The third-order valence-corrected chi connectivity index (χ3v) is 4.50. The van der Waals surface area contributed by atoms with E-state index in [-0.39, 0.29) is 13.0 Å². The fraction of sp³-hybridized carbons (Fsp3) is 0.333. The molecule has 8 heteroatoms. The van der Waals surface area contributed by atoms with Crippen LogP contribution in [0.15, 0.2) is 54.6 Å². The van der Waals surface area contributed by atoms with Crippen LogP contribution in [0.2, 0.25) is 0 Å². The number of ether oxygens (including phenoxy) is 4. The fourth-order valence-corrected chi connectivity index (χ4v) is 2.92. The molecule has 1 saturated heterocycles. The molecule has 1 aliphatic rings. The third kappa shape index (κ3) is 5.32. The van der Waals surface area contributed by atoms with E-state index in [4.69, 9.17) is 18.9 Å². The van der Waals surface area contributed by atoms with Gasteiger partial charge in [-0.25, -0.2) is 9.59 Å². The van der Waals surface area contributed by atoms with Gasteiger partial charge in [0, 0.05) is 6.42 Å². The van der Waals surface area contributed by atoms with Crippen molar-refractivity contribution in [2.75, 3.05) is 13.7 Å². The van der Waals surface area contributed by atoms with Gasteiger partial charge in [-0.3, -0.25) is 0 Å². The van der Waals surface area contributed by atoms with Crippen LogP contribution in [0.1, 0.15) is 27.1 Å². The van der Waals surface area contributed by atoms with Crippen molar-refractivity contribution in [3.05, 3.63) is 65.7 Å². The van der Waals surface area contributed by atoms with E-state index in [0.717, 1.165) is 0 Å². The number of aliphatic hydroxyl groups excluding tert-OH is 2. The zero-order chi connectivity index (χ0) is 20.8. The topological polar surface area (TPSA) is 112 Å². The smallest absolute Gasteiger partial charge is 0.338 e. The summed E-state index contributed by atoms with van der Waals surface area (Å²) in [4.78, 5) is 24.4. The minimum Gasteiger partial charge on any atom is -0.497 e. The van der Waals surface area contributed by atoms with E-state index < -0.39 is 36.5 Å². The summed E-state index contributed by atoms with van der Waals surface area (Å²) in [6.07, 6.45) is -4.68. The molecule has 0 spiro atoms. The van der Waals surface area contributed by atoms with E-state index in [1.54, 1.807) is 54.6 Å². The zero-order valence-corrected chi connectivity index (χ0v) is 15.8. The van der Waals surface area contributed by atoms with Gasteiger partial charge in [-0.15, -0.1) is 0 Å². The van der Waals surface area contributed by atoms with Gasteiger partial charge in [0.15, 0.2) is 6.29 Å². The van der Waals surface area contributed by atoms with Crippen LogP contribution in [-0.2, 0) is 14.2 Å². The van der Waals surface area contributed by atoms with Crippen molar-refractivity contribution in [3.8, 4) is 5.75 Å². The first-order valence-electron chi connectivity index (χ1n) is 9.06. The SMILES string of the molecule is COc1ccc(C(=O)OC[C@H]2O[C@H](O)C[C@@H](OC(=O)c3ccccc3)[C@@H]2O)cc1. The van der Waals surface area contributed by atoms with Gasteiger partial charge in [-0.05, 0) is 36.4 Å². The van der Waals surface area contributed by atoms with Gasteiger partial charge >= 0.3 is 11.9 Å². The Balaban J connectivity index is 1.58. The zero-order valence-electron chi connectivity index (χ0n) is 15.8. The molecule has 2 aromatic rings. The molecule has 0 unspecified atom stereocenters. The first-order chi connectivity index (χ1) is 14.0. The van der Waals surface area contributed by atoms with Crippen molar-refractivity contribution in [1.29, 1.82) is 0 Å². The van der Waals surface area contributed by atoms with E-state index in [0.29, 0.717) is 16.9 Å². The van der Waals surface area contributed by atoms with E-state index in [1.807, 2.05) is 0 Å². The molecule has 1 aliphatic heterocycles. The molecule has 1 fully saturated rings. The highest BCUT2D eigenvalue weighted by Crippen LogP contribution is 2.23. The quantitative estimate of drug-likeness (QED) is 0.700. The molecule has 1 heterocycles. The van der Waals surface area contributed by atoms with E-state index in [9.17, 15) is 19.8 Å². The van der Waals surface area contributed by atoms with Crippen LogP contribution in [0, 0.1) is 0 Å². The Bertz CT molecular complexity index is 820. The number of carbonyl (C=O) groups is 2. The lowest BCUT2D eigenvalue weighted by molar-refractivity contribution is -0.239. The molecule has 3 rings (SSSR count). The highest BCUT2D eigenvalue weighted by atomic mass is 16.6. The summed E-state index contributed by atoms with van der Waals surface area (Å²) in [7, 11) is 1.52. The molecule has 0 aromatic heterocycles. The number of benzene rings is 2. The molecule has 0 aliphatic carbocycles. The molecule has 2 aromatic carbocycles. The van der Waals surface area contributed by atoms with Crippen LogP contribution < -0.4 is 4.74 Å². The average Bonchev–Trinajstić information content (AvgIpc) is 2.75. The van der Waals surface area contributed by atoms with Gasteiger partial charge in [-0.2, -0.15) is 0 Å². The Morgan fingerprint density at radius 3 is 2.31 bits per heavy atom. The van der Waals surface area contributed by atoms with Crippen molar-refractivity contribution in [2.24, 2.45) is 0 Å². The van der Waals surface area contributed by atoms with E-state index >= 15 is 0 Å². The largest absolute Gasteiger partial charge is 0.497 e. The Morgan fingerprint density at radius 2 is 1.66 bits per heavy atom. The average molecular weight is 402 g/mol. The number of aliphatic hydroxyl groups is 2. The van der Waals surface area contributed by atoms with Crippen molar-refractivity contribution in [2.45, 2.75) is 31.0 Å². The van der Waals surface area contributed by atoms with Crippen LogP contribution in [0.3, 0.4) is 0 Å². The standard InChI is InChI=1S/C21H22O8/c1-26-15-9-7-14(8-10-15)20(24)27-12-17-19(23)16(11-18(22)28-17)29-21(25)13-5-3-2-4-6-13/h2-10,16-19,22-23H,11-12H2,1H3/t16-,17-,18+,19+/m1/s1. The predicted octanol–water partition coefficient (Wildman–Crippen LogP) is 1.55. The highest BCUT2D eigenvalue weighted by molar-refractivity contribution is 5.90. The maximum Gasteiger partial charge on any atom is 0.338 e. The molecule has 0 saturated carbocycles. The first-order valence-corrected chi connectivity index (χ1v) is 9.06. The lowest BCUT2D eigenvalue weighted by Gasteiger charge is -2.36. The molecule has 4 atom stereocenters. The summed E-state index contributed by atoms with van der Waals surface area (Å²) in [5.74, 6) is -0.655. The lowest BCUT2D eigenvalue weighted by atomic mass is 10.0. The molecular weight excluding hydrogens is 380 g/mol. The summed E-state index contributed by atoms with van der Waals surface area (Å²) in [5.41, 5.74) is 0.617. The van der Waals surface area contributed by atoms with Crippen molar-refractivity contribution in [3.63, 3.8) is 0 Å². The number of esters is 2. The highest BCUT2D eigenvalue weighted by Gasteiger charge is 2.40. The second-order valence-corrected chi connectivity index (χ2v) is 6.49. The summed E-state index contributed by atoms with van der Waals surface area (Å²) in [6, 6.07) is 14.6. The second kappa shape index (κ2) is 9.51. The number of hydrogen-bond acceptors (Lipinski definition) is 8. The summed E-state index contributed by atoms with van der Waals surface area (Å²) >= 11 is 0. The Kier molecular flexibility index (Phi) is 6.82. The normalized spacial score (nSPS) is 23.8. The molecule has 29 heavy (non-hydrogen) atoms. The molecule has 0 radical (unpaired) electrons. The molecule has 0 bridgehead atoms. The maximum atomic E-state index is 12.2. The van der Waals surface area contributed by atoms with Gasteiger partial charge in [0.05, 0.1) is 18.2 Å². The van der Waals surface area contributed by atoms with E-state index in [2.05, 4.69) is 0 Å². The van der Waals surface area contributed by atoms with Crippen LogP contribution in [0.5, 0.6) is 5.75 Å². The number of rotatable bonds is 6. The monoisotopic (exact) mass is 402 g/mol. The number of carbonyl (C=O) groups excluding carboxylic acids is 2. The van der Waals surface area contributed by atoms with E-state index in [1.165, 1.54) is 7.11 Å². The molecule has 8 nitrogen and oxygen atoms in total. The fourth-order valence-electron chi connectivity index (χ4n) is 2.92. The van der Waals surface area contributed by atoms with Crippen molar-refractivity contribution in [1.82, 2.24) is 0 Å². The summed E-state index contributed by atoms with van der Waals surface area (Å²) in [6.45, 7) is -0.317. The Morgan fingerprint density at radius 1 is 1.00 bits per heavy atom. The minimum absolute atomic E-state index is 0.0946. The van der Waals surface area contributed by atoms with Gasteiger partial charge in [0.25, 0.3) is 0 Å². The van der Waals surface area contributed by atoms with Gasteiger partial charge < -0.3 is 29.2 Å². The van der Waals surface area contributed by atoms with Crippen LogP contribution in [0.25, 0.3) is 0 Å². The second-order valence-electron chi connectivity index (χ2n) is 6.49. The molecule has 2 N–H and O–H groups in total. The lowest BCUT2D eigenvalue weighted by Crippen LogP contribution is -2.52. The van der Waals surface area contributed by atoms with Gasteiger partial charge in [0.1, 0.15) is 30.7 Å². The van der Waals surface area contributed by atoms with Gasteiger partial charge in [0.2, 0.25) is 0 Å². The summed E-state index contributed by atoms with van der Waals surface area (Å²) < 4.78 is 20.8. The first kappa shape index (κ1) is 20.8. The number of methoxy groups -OCH3 is 1. The number of hydrogen-bond donors (Lipinski definition) is 2. The van der Waals surface area contributed by atoms with Crippen LogP contribution >= 0.6 is 0 Å². The van der Waals surface area contributed by atoms with Crippen LogP contribution in [-0.4, -0.2) is 60.5 Å². The van der Waals surface area contributed by atoms with Crippen molar-refractivity contribution < 1.29 is 38.7 Å².